The fourth-order valence-corrected chi connectivity index (χ4v) is 3.45. The molecule has 6 heteroatoms. The van der Waals surface area contributed by atoms with Crippen molar-refractivity contribution in [1.29, 1.82) is 0 Å². The van der Waals surface area contributed by atoms with Crippen molar-refractivity contribution >= 4 is 34.3 Å². The van der Waals surface area contributed by atoms with Crippen molar-refractivity contribution in [3.63, 3.8) is 0 Å². The summed E-state index contributed by atoms with van der Waals surface area (Å²) in [5.41, 5.74) is 3.48. The molecule has 2 heterocycles. The van der Waals surface area contributed by atoms with Gasteiger partial charge in [0.25, 0.3) is 0 Å². The average Bonchev–Trinajstić information content (AvgIpc) is 3.24. The maximum absolute atomic E-state index is 12.0. The molecule has 0 atom stereocenters. The molecule has 0 bridgehead atoms. The number of carbonyl (C=O) groups is 1. The van der Waals surface area contributed by atoms with Gasteiger partial charge in [-0.1, -0.05) is 0 Å². The van der Waals surface area contributed by atoms with E-state index in [0.29, 0.717) is 5.69 Å². The van der Waals surface area contributed by atoms with E-state index < -0.39 is 0 Å². The molecule has 23 heavy (non-hydrogen) atoms. The second kappa shape index (κ2) is 6.93. The molecule has 0 unspecified atom stereocenters. The molecule has 0 radical (unpaired) electrons. The molecular formula is C17H16N2O2S2. The molecule has 4 nitrogen and oxygen atoms in total. The van der Waals surface area contributed by atoms with Crippen molar-refractivity contribution in [3.8, 4) is 10.6 Å². The molecule has 0 amide bonds. The van der Waals surface area contributed by atoms with E-state index >= 15 is 0 Å². The molecule has 3 rings (SSSR count). The molecule has 0 saturated carbocycles. The molecule has 0 N–H and O–H groups in total. The van der Waals surface area contributed by atoms with Crippen LogP contribution in [0.15, 0.2) is 46.5 Å². The van der Waals surface area contributed by atoms with E-state index in [0.717, 1.165) is 21.8 Å². The quantitative estimate of drug-likeness (QED) is 0.647. The van der Waals surface area contributed by atoms with Gasteiger partial charge in [0.15, 0.2) is 5.69 Å². The number of rotatable bonds is 5. The third-order valence-corrected chi connectivity index (χ3v) is 4.92. The van der Waals surface area contributed by atoms with Crippen LogP contribution in [-0.4, -0.2) is 25.0 Å². The molecular weight excluding hydrogens is 328 g/mol. The summed E-state index contributed by atoms with van der Waals surface area (Å²) in [6.07, 6.45) is 0. The van der Waals surface area contributed by atoms with Crippen molar-refractivity contribution in [2.75, 3.05) is 19.0 Å². The monoisotopic (exact) mass is 344 g/mol. The van der Waals surface area contributed by atoms with E-state index in [1.165, 1.54) is 11.3 Å². The van der Waals surface area contributed by atoms with Crippen LogP contribution in [0.5, 0.6) is 0 Å². The molecule has 0 aliphatic heterocycles. The van der Waals surface area contributed by atoms with Crippen molar-refractivity contribution < 1.29 is 9.53 Å². The third-order valence-electron chi connectivity index (χ3n) is 3.29. The fraction of sp³-hybridized carbons (Fsp3) is 0.176. The van der Waals surface area contributed by atoms with Crippen LogP contribution in [0.4, 0.5) is 5.69 Å². The van der Waals surface area contributed by atoms with Gasteiger partial charge in [0.1, 0.15) is 11.6 Å². The van der Waals surface area contributed by atoms with Gasteiger partial charge in [0, 0.05) is 36.3 Å². The topological polar surface area (TPSA) is 42.4 Å². The number of thiophene rings is 1. The van der Waals surface area contributed by atoms with Crippen molar-refractivity contribution in [2.45, 2.75) is 6.61 Å². The zero-order valence-corrected chi connectivity index (χ0v) is 14.5. The van der Waals surface area contributed by atoms with Crippen LogP contribution >= 0.6 is 22.7 Å². The minimum Gasteiger partial charge on any atom is -0.456 e. The summed E-state index contributed by atoms with van der Waals surface area (Å²) in [7, 11) is 4.00. The van der Waals surface area contributed by atoms with Crippen molar-refractivity contribution in [2.24, 2.45) is 0 Å². The molecule has 0 spiro atoms. The SMILES string of the molecule is CN(C)c1ccc(-c2nc(C(=O)OCc3ccsc3)cs2)cc1. The molecule has 0 saturated heterocycles. The van der Waals surface area contributed by atoms with Gasteiger partial charge in [-0.15, -0.1) is 11.3 Å². The molecule has 2 aromatic heterocycles. The summed E-state index contributed by atoms with van der Waals surface area (Å²) >= 11 is 3.03. The number of esters is 1. The largest absolute Gasteiger partial charge is 0.456 e. The Morgan fingerprint density at radius 2 is 1.96 bits per heavy atom. The van der Waals surface area contributed by atoms with Gasteiger partial charge < -0.3 is 9.64 Å². The fourth-order valence-electron chi connectivity index (χ4n) is 2.00. The van der Waals surface area contributed by atoms with E-state index in [-0.39, 0.29) is 12.6 Å². The summed E-state index contributed by atoms with van der Waals surface area (Å²) in [6.45, 7) is 0.284. The molecule has 118 valence electrons. The summed E-state index contributed by atoms with van der Waals surface area (Å²) in [5, 5.41) is 6.48. The molecule has 3 aromatic rings. The first-order chi connectivity index (χ1) is 11.1. The van der Waals surface area contributed by atoms with Gasteiger partial charge in [-0.05, 0) is 41.1 Å². The molecule has 0 aliphatic carbocycles. The number of hydrogen-bond donors (Lipinski definition) is 0. The minimum absolute atomic E-state index is 0.284. The van der Waals surface area contributed by atoms with Gasteiger partial charge >= 0.3 is 5.97 Å². The zero-order valence-electron chi connectivity index (χ0n) is 12.9. The second-order valence-corrected chi connectivity index (χ2v) is 6.83. The van der Waals surface area contributed by atoms with Gasteiger partial charge in [-0.3, -0.25) is 0 Å². The van der Waals surface area contributed by atoms with Crippen molar-refractivity contribution in [1.82, 2.24) is 4.98 Å². The normalized spacial score (nSPS) is 10.5. The van der Waals surface area contributed by atoms with Gasteiger partial charge in [-0.2, -0.15) is 11.3 Å². The highest BCUT2D eigenvalue weighted by Gasteiger charge is 2.13. The minimum atomic E-state index is -0.386. The zero-order chi connectivity index (χ0) is 16.2. The number of carbonyl (C=O) groups excluding carboxylic acids is 1. The standard InChI is InChI=1S/C17H16N2O2S2/c1-19(2)14-5-3-13(4-6-14)16-18-15(11-23-16)17(20)21-9-12-7-8-22-10-12/h3-8,10-11H,9H2,1-2H3. The second-order valence-electron chi connectivity index (χ2n) is 5.19. The van der Waals surface area contributed by atoms with Gasteiger partial charge in [0.05, 0.1) is 0 Å². The third kappa shape index (κ3) is 3.78. The summed E-state index contributed by atoms with van der Waals surface area (Å²) in [4.78, 5) is 18.5. The smallest absolute Gasteiger partial charge is 0.358 e. The van der Waals surface area contributed by atoms with Crippen LogP contribution in [0.2, 0.25) is 0 Å². The number of ether oxygens (including phenoxy) is 1. The predicted molar refractivity (Wildman–Crippen MR) is 95.3 cm³/mol. The van der Waals surface area contributed by atoms with E-state index in [1.54, 1.807) is 16.7 Å². The Morgan fingerprint density at radius 1 is 1.17 bits per heavy atom. The average molecular weight is 344 g/mol. The molecule has 0 aliphatic rings. The van der Waals surface area contributed by atoms with Crippen LogP contribution in [0, 0.1) is 0 Å². The Morgan fingerprint density at radius 3 is 2.61 bits per heavy atom. The van der Waals surface area contributed by atoms with E-state index in [1.807, 2.05) is 60.1 Å². The number of hydrogen-bond acceptors (Lipinski definition) is 6. The number of aromatic nitrogens is 1. The van der Waals surface area contributed by atoms with Gasteiger partial charge in [-0.25, -0.2) is 9.78 Å². The van der Waals surface area contributed by atoms with Crippen LogP contribution in [0.1, 0.15) is 16.1 Å². The highest BCUT2D eigenvalue weighted by atomic mass is 32.1. The summed E-state index contributed by atoms with van der Waals surface area (Å²) in [5.74, 6) is -0.386. The molecule has 1 aromatic carbocycles. The van der Waals surface area contributed by atoms with E-state index in [4.69, 9.17) is 4.74 Å². The Bertz CT molecular complexity index is 777. The Kier molecular flexibility index (Phi) is 4.73. The lowest BCUT2D eigenvalue weighted by Crippen LogP contribution is -2.07. The maximum Gasteiger partial charge on any atom is 0.358 e. The van der Waals surface area contributed by atoms with Crippen LogP contribution in [0.25, 0.3) is 10.6 Å². The number of nitrogens with zero attached hydrogens (tertiary/aromatic N) is 2. The van der Waals surface area contributed by atoms with E-state index in [9.17, 15) is 4.79 Å². The lowest BCUT2D eigenvalue weighted by Gasteiger charge is -2.11. The van der Waals surface area contributed by atoms with E-state index in [2.05, 4.69) is 4.98 Å². The lowest BCUT2D eigenvalue weighted by atomic mass is 10.2. The van der Waals surface area contributed by atoms with Crippen LogP contribution < -0.4 is 4.90 Å². The summed E-state index contributed by atoms with van der Waals surface area (Å²) < 4.78 is 5.28. The van der Waals surface area contributed by atoms with Crippen molar-refractivity contribution in [3.05, 3.63) is 57.7 Å². The first-order valence-corrected chi connectivity index (χ1v) is 8.87. The summed E-state index contributed by atoms with van der Waals surface area (Å²) in [6, 6.07) is 10.0. The first kappa shape index (κ1) is 15.7. The maximum atomic E-state index is 12.0. The first-order valence-electron chi connectivity index (χ1n) is 7.05. The predicted octanol–water partition coefficient (Wildman–Crippen LogP) is 4.29. The van der Waals surface area contributed by atoms with Crippen LogP contribution in [-0.2, 0) is 11.3 Å². The number of thiazole rings is 1. The highest BCUT2D eigenvalue weighted by molar-refractivity contribution is 7.13. The molecule has 0 fully saturated rings. The lowest BCUT2D eigenvalue weighted by molar-refractivity contribution is 0.0467. The Balaban J connectivity index is 1.68. The number of benzene rings is 1. The highest BCUT2D eigenvalue weighted by Crippen LogP contribution is 2.26. The Hall–Kier alpha value is -2.18. The number of anilines is 1. The van der Waals surface area contributed by atoms with Gasteiger partial charge in [0.2, 0.25) is 0 Å². The Labute approximate surface area is 143 Å². The van der Waals surface area contributed by atoms with Crippen LogP contribution in [0.3, 0.4) is 0 Å².